The van der Waals surface area contributed by atoms with Crippen LogP contribution in [0.15, 0.2) is 0 Å². The van der Waals surface area contributed by atoms with E-state index in [4.69, 9.17) is 5.11 Å². The molecule has 1 heterocycles. The first-order chi connectivity index (χ1) is 8.15. The Morgan fingerprint density at radius 2 is 2.29 bits per heavy atom. The lowest BCUT2D eigenvalue weighted by Gasteiger charge is -2.30. The van der Waals surface area contributed by atoms with Crippen molar-refractivity contribution in [2.45, 2.75) is 26.2 Å². The fourth-order valence-corrected chi connectivity index (χ4v) is 1.83. The molecule has 1 atom stereocenters. The molecule has 2 amide bonds. The molecule has 1 saturated heterocycles. The van der Waals surface area contributed by atoms with E-state index in [0.717, 1.165) is 6.42 Å². The first-order valence-electron chi connectivity index (χ1n) is 5.80. The van der Waals surface area contributed by atoms with Gasteiger partial charge in [0.05, 0.1) is 5.92 Å². The number of carboxylic acids is 1. The summed E-state index contributed by atoms with van der Waals surface area (Å²) in [5.74, 6) is 4.36. The predicted molar refractivity (Wildman–Crippen MR) is 63.4 cm³/mol. The fourth-order valence-electron chi connectivity index (χ4n) is 1.83. The maximum Gasteiger partial charge on any atom is 0.317 e. The molecule has 0 unspecified atom stereocenters. The van der Waals surface area contributed by atoms with Crippen molar-refractivity contribution in [3.8, 4) is 11.8 Å². The van der Waals surface area contributed by atoms with E-state index in [1.165, 1.54) is 0 Å². The molecule has 0 radical (unpaired) electrons. The zero-order valence-electron chi connectivity index (χ0n) is 10.0. The van der Waals surface area contributed by atoms with Crippen LogP contribution in [-0.4, -0.2) is 41.6 Å². The number of hydrogen-bond acceptors (Lipinski definition) is 2. The minimum absolute atomic E-state index is 0.186. The zero-order valence-corrected chi connectivity index (χ0v) is 10.0. The van der Waals surface area contributed by atoms with E-state index in [2.05, 4.69) is 17.2 Å². The summed E-state index contributed by atoms with van der Waals surface area (Å²) in [6, 6.07) is -0.186. The van der Waals surface area contributed by atoms with Crippen molar-refractivity contribution in [1.82, 2.24) is 10.2 Å². The Labute approximate surface area is 101 Å². The molecule has 0 aliphatic carbocycles. The minimum atomic E-state index is -0.820. The summed E-state index contributed by atoms with van der Waals surface area (Å²) in [7, 11) is 0. The highest BCUT2D eigenvalue weighted by molar-refractivity contribution is 5.76. The number of urea groups is 1. The molecule has 0 bridgehead atoms. The second-order valence-electron chi connectivity index (χ2n) is 4.03. The number of likely N-dealkylation sites (tertiary alicyclic amines) is 1. The molecule has 1 aliphatic rings. The molecule has 1 fully saturated rings. The van der Waals surface area contributed by atoms with Crippen LogP contribution in [0.2, 0.25) is 0 Å². The summed E-state index contributed by atoms with van der Waals surface area (Å²) in [6.45, 7) is 3.20. The Morgan fingerprint density at radius 1 is 1.53 bits per heavy atom. The maximum atomic E-state index is 11.7. The largest absolute Gasteiger partial charge is 0.481 e. The van der Waals surface area contributed by atoms with Crippen molar-refractivity contribution in [3.05, 3.63) is 0 Å². The van der Waals surface area contributed by atoms with Gasteiger partial charge in [-0.3, -0.25) is 4.79 Å². The first kappa shape index (κ1) is 13.4. The molecule has 0 aromatic heterocycles. The highest BCUT2D eigenvalue weighted by atomic mass is 16.4. The van der Waals surface area contributed by atoms with Crippen molar-refractivity contribution in [3.63, 3.8) is 0 Å². The Morgan fingerprint density at radius 3 is 2.94 bits per heavy atom. The van der Waals surface area contributed by atoms with Gasteiger partial charge in [0.2, 0.25) is 0 Å². The highest BCUT2D eigenvalue weighted by Crippen LogP contribution is 2.16. The summed E-state index contributed by atoms with van der Waals surface area (Å²) in [4.78, 5) is 24.1. The van der Waals surface area contributed by atoms with Crippen LogP contribution in [0.5, 0.6) is 0 Å². The second-order valence-corrected chi connectivity index (χ2v) is 4.03. The Kier molecular flexibility index (Phi) is 5.34. The van der Waals surface area contributed by atoms with E-state index in [0.29, 0.717) is 32.5 Å². The Balaban J connectivity index is 2.35. The number of nitrogens with zero attached hydrogens (tertiary/aromatic N) is 1. The van der Waals surface area contributed by atoms with E-state index in [9.17, 15) is 9.59 Å². The van der Waals surface area contributed by atoms with Gasteiger partial charge in [0.1, 0.15) is 0 Å². The zero-order chi connectivity index (χ0) is 12.7. The average molecular weight is 238 g/mol. The molecule has 17 heavy (non-hydrogen) atoms. The molecule has 5 nitrogen and oxygen atoms in total. The van der Waals surface area contributed by atoms with Crippen LogP contribution in [0, 0.1) is 17.8 Å². The van der Waals surface area contributed by atoms with Crippen LogP contribution >= 0.6 is 0 Å². The number of aliphatic carboxylic acids is 1. The predicted octanol–water partition coefficient (Wildman–Crippen LogP) is 0.906. The van der Waals surface area contributed by atoms with Crippen LogP contribution < -0.4 is 5.32 Å². The van der Waals surface area contributed by atoms with Gasteiger partial charge in [-0.15, -0.1) is 11.8 Å². The summed E-state index contributed by atoms with van der Waals surface area (Å²) in [6.07, 6.45) is 2.03. The van der Waals surface area contributed by atoms with Crippen LogP contribution in [0.1, 0.15) is 26.2 Å². The smallest absolute Gasteiger partial charge is 0.317 e. The van der Waals surface area contributed by atoms with E-state index >= 15 is 0 Å². The number of amides is 2. The molecule has 0 aromatic rings. The molecular formula is C12H18N2O3. The molecule has 94 valence electrons. The van der Waals surface area contributed by atoms with Crippen molar-refractivity contribution in [2.24, 2.45) is 5.92 Å². The monoisotopic (exact) mass is 238 g/mol. The fraction of sp³-hybridized carbons (Fsp3) is 0.667. The molecule has 0 spiro atoms. The first-order valence-corrected chi connectivity index (χ1v) is 5.80. The molecular weight excluding hydrogens is 220 g/mol. The summed E-state index contributed by atoms with van der Waals surface area (Å²) >= 11 is 0. The average Bonchev–Trinajstić information content (AvgIpc) is 2.34. The normalized spacial score (nSPS) is 19.1. The van der Waals surface area contributed by atoms with Gasteiger partial charge in [-0.25, -0.2) is 4.79 Å². The van der Waals surface area contributed by atoms with Crippen molar-refractivity contribution in [2.75, 3.05) is 19.6 Å². The second kappa shape index (κ2) is 6.79. The maximum absolute atomic E-state index is 11.7. The number of carbonyl (C=O) groups is 2. The van der Waals surface area contributed by atoms with Gasteiger partial charge >= 0.3 is 12.0 Å². The SMILES string of the molecule is CC#CCCNC(=O)N1CCC[C@H](C(=O)O)C1. The van der Waals surface area contributed by atoms with Crippen LogP contribution in [0.3, 0.4) is 0 Å². The quantitative estimate of drug-likeness (QED) is 0.567. The lowest BCUT2D eigenvalue weighted by Crippen LogP contribution is -2.47. The van der Waals surface area contributed by atoms with E-state index in [-0.39, 0.29) is 6.03 Å². The topological polar surface area (TPSA) is 69.6 Å². The van der Waals surface area contributed by atoms with Gasteiger partial charge in [-0.05, 0) is 19.8 Å². The van der Waals surface area contributed by atoms with Gasteiger partial charge in [0, 0.05) is 26.1 Å². The van der Waals surface area contributed by atoms with E-state index < -0.39 is 11.9 Å². The number of hydrogen-bond donors (Lipinski definition) is 2. The van der Waals surface area contributed by atoms with Gasteiger partial charge in [0.25, 0.3) is 0 Å². The van der Waals surface area contributed by atoms with Crippen molar-refractivity contribution >= 4 is 12.0 Å². The Bertz CT molecular complexity index is 343. The van der Waals surface area contributed by atoms with Gasteiger partial charge < -0.3 is 15.3 Å². The summed E-state index contributed by atoms with van der Waals surface area (Å²) < 4.78 is 0. The lowest BCUT2D eigenvalue weighted by molar-refractivity contribution is -0.143. The van der Waals surface area contributed by atoms with Gasteiger partial charge in [0.15, 0.2) is 0 Å². The summed E-state index contributed by atoms with van der Waals surface area (Å²) in [5, 5.41) is 11.6. The number of rotatable bonds is 3. The van der Waals surface area contributed by atoms with Crippen molar-refractivity contribution < 1.29 is 14.7 Å². The molecule has 2 N–H and O–H groups in total. The minimum Gasteiger partial charge on any atom is -0.481 e. The summed E-state index contributed by atoms with van der Waals surface area (Å²) in [5.41, 5.74) is 0. The van der Waals surface area contributed by atoms with Crippen molar-refractivity contribution in [1.29, 1.82) is 0 Å². The van der Waals surface area contributed by atoms with Gasteiger partial charge in [-0.2, -0.15) is 0 Å². The van der Waals surface area contributed by atoms with E-state index in [1.807, 2.05) is 0 Å². The van der Waals surface area contributed by atoms with Crippen LogP contribution in [0.25, 0.3) is 0 Å². The molecule has 1 aliphatic heterocycles. The molecule has 5 heteroatoms. The Hall–Kier alpha value is -1.70. The molecule has 1 rings (SSSR count). The molecule has 0 saturated carbocycles. The number of piperidine rings is 1. The standard InChI is InChI=1S/C12H18N2O3/c1-2-3-4-7-13-12(17)14-8-5-6-10(9-14)11(15)16/h10H,4-9H2,1H3,(H,13,17)(H,15,16)/t10-/m0/s1. The third-order valence-corrected chi connectivity index (χ3v) is 2.76. The van der Waals surface area contributed by atoms with E-state index in [1.54, 1.807) is 11.8 Å². The lowest BCUT2D eigenvalue weighted by atomic mass is 9.99. The van der Waals surface area contributed by atoms with Crippen LogP contribution in [-0.2, 0) is 4.79 Å². The number of nitrogens with one attached hydrogen (secondary N) is 1. The number of carbonyl (C=O) groups excluding carboxylic acids is 1. The van der Waals surface area contributed by atoms with Crippen LogP contribution in [0.4, 0.5) is 4.79 Å². The van der Waals surface area contributed by atoms with Gasteiger partial charge in [-0.1, -0.05) is 0 Å². The number of carboxylic acid groups (broad SMARTS) is 1. The highest BCUT2D eigenvalue weighted by Gasteiger charge is 2.27. The third kappa shape index (κ3) is 4.35. The molecule has 0 aromatic carbocycles. The third-order valence-electron chi connectivity index (χ3n) is 2.76.